The third kappa shape index (κ3) is 3.03. The van der Waals surface area contributed by atoms with Crippen LogP contribution >= 0.6 is 0 Å². The number of methoxy groups -OCH3 is 1. The number of hydrogen-bond acceptors (Lipinski definition) is 5. The van der Waals surface area contributed by atoms with Crippen molar-refractivity contribution >= 4 is 11.6 Å². The molecule has 1 fully saturated rings. The number of rotatable bonds is 4. The van der Waals surface area contributed by atoms with Crippen molar-refractivity contribution < 1.29 is 4.74 Å². The molecule has 1 aliphatic heterocycles. The Bertz CT molecular complexity index is 463. The van der Waals surface area contributed by atoms with Crippen LogP contribution < -0.4 is 10.2 Å². The van der Waals surface area contributed by atoms with E-state index in [9.17, 15) is 0 Å². The maximum Gasteiger partial charge on any atom is 0.137 e. The lowest BCUT2D eigenvalue weighted by atomic mass is 9.95. The minimum atomic E-state index is 0.279. The Morgan fingerprint density at radius 1 is 1.35 bits per heavy atom. The number of nitrogens with one attached hydrogen (secondary N) is 1. The van der Waals surface area contributed by atoms with Gasteiger partial charge in [-0.25, -0.2) is 9.97 Å². The quantitative estimate of drug-likeness (QED) is 0.916. The highest BCUT2D eigenvalue weighted by Crippen LogP contribution is 2.28. The Kier molecular flexibility index (Phi) is 4.81. The molecule has 1 aromatic rings. The van der Waals surface area contributed by atoms with Gasteiger partial charge in [0.2, 0.25) is 0 Å². The first-order valence-corrected chi connectivity index (χ1v) is 7.43. The highest BCUT2D eigenvalue weighted by atomic mass is 16.5. The number of piperidine rings is 1. The average molecular weight is 278 g/mol. The first-order valence-electron chi connectivity index (χ1n) is 7.43. The predicted molar refractivity (Wildman–Crippen MR) is 82.5 cm³/mol. The second-order valence-corrected chi connectivity index (χ2v) is 5.58. The zero-order valence-corrected chi connectivity index (χ0v) is 13.2. The van der Waals surface area contributed by atoms with Crippen molar-refractivity contribution in [2.45, 2.75) is 40.2 Å². The zero-order chi connectivity index (χ0) is 14.7. The summed E-state index contributed by atoms with van der Waals surface area (Å²) in [4.78, 5) is 11.5. The third-order valence-corrected chi connectivity index (χ3v) is 4.07. The summed E-state index contributed by atoms with van der Waals surface area (Å²) in [5.41, 5.74) is 1.13. The van der Waals surface area contributed by atoms with Gasteiger partial charge >= 0.3 is 0 Å². The van der Waals surface area contributed by atoms with E-state index in [1.54, 1.807) is 7.11 Å². The highest BCUT2D eigenvalue weighted by Gasteiger charge is 2.28. The molecule has 0 radical (unpaired) electrons. The molecule has 1 aromatic heterocycles. The van der Waals surface area contributed by atoms with Crippen LogP contribution in [0.2, 0.25) is 0 Å². The van der Waals surface area contributed by atoms with Gasteiger partial charge in [0.05, 0.1) is 6.10 Å². The van der Waals surface area contributed by atoms with Crippen LogP contribution in [-0.2, 0) is 4.74 Å². The van der Waals surface area contributed by atoms with E-state index in [4.69, 9.17) is 4.74 Å². The Hall–Kier alpha value is -1.36. The van der Waals surface area contributed by atoms with Gasteiger partial charge in [-0.1, -0.05) is 6.92 Å². The summed E-state index contributed by atoms with van der Waals surface area (Å²) in [6.45, 7) is 11.2. The molecule has 0 bridgehead atoms. The summed E-state index contributed by atoms with van der Waals surface area (Å²) in [5.74, 6) is 3.41. The second kappa shape index (κ2) is 6.39. The summed E-state index contributed by atoms with van der Waals surface area (Å²) < 4.78 is 5.60. The summed E-state index contributed by atoms with van der Waals surface area (Å²) >= 11 is 0. The van der Waals surface area contributed by atoms with E-state index in [1.807, 2.05) is 6.92 Å². The summed E-state index contributed by atoms with van der Waals surface area (Å²) in [6.07, 6.45) is 1.42. The minimum Gasteiger partial charge on any atom is -0.379 e. The number of hydrogen-bond donors (Lipinski definition) is 1. The van der Waals surface area contributed by atoms with Gasteiger partial charge in [0.25, 0.3) is 0 Å². The van der Waals surface area contributed by atoms with E-state index in [0.717, 1.165) is 49.1 Å². The van der Waals surface area contributed by atoms with Crippen molar-refractivity contribution in [1.82, 2.24) is 9.97 Å². The molecule has 2 heterocycles. The maximum absolute atomic E-state index is 5.60. The molecule has 5 nitrogen and oxygen atoms in total. The highest BCUT2D eigenvalue weighted by molar-refractivity contribution is 5.58. The molecular weight excluding hydrogens is 252 g/mol. The number of aryl methyl sites for hydroxylation is 1. The molecule has 2 rings (SSSR count). The summed E-state index contributed by atoms with van der Waals surface area (Å²) in [6, 6.07) is 0. The van der Waals surface area contributed by atoms with Gasteiger partial charge in [0.15, 0.2) is 0 Å². The second-order valence-electron chi connectivity index (χ2n) is 5.58. The summed E-state index contributed by atoms with van der Waals surface area (Å²) in [7, 11) is 1.80. The maximum atomic E-state index is 5.60. The van der Waals surface area contributed by atoms with Gasteiger partial charge in [0, 0.05) is 32.3 Å². The van der Waals surface area contributed by atoms with Crippen LogP contribution in [0.15, 0.2) is 0 Å². The van der Waals surface area contributed by atoms with Crippen LogP contribution in [0.3, 0.4) is 0 Å². The minimum absolute atomic E-state index is 0.279. The van der Waals surface area contributed by atoms with Crippen LogP contribution in [0.5, 0.6) is 0 Å². The smallest absolute Gasteiger partial charge is 0.137 e. The van der Waals surface area contributed by atoms with Crippen LogP contribution in [-0.4, -0.2) is 42.8 Å². The fourth-order valence-electron chi connectivity index (χ4n) is 2.79. The molecule has 0 saturated carbocycles. The summed E-state index contributed by atoms with van der Waals surface area (Å²) in [5, 5.41) is 3.32. The largest absolute Gasteiger partial charge is 0.379 e. The van der Waals surface area contributed by atoms with Crippen molar-refractivity contribution in [3.8, 4) is 0 Å². The molecule has 2 unspecified atom stereocenters. The molecule has 0 aromatic carbocycles. The SMILES string of the molecule is CCNc1nc(C)nc(N2CCC(C)C(OC)C2)c1C. The lowest BCUT2D eigenvalue weighted by Crippen LogP contribution is -2.44. The van der Waals surface area contributed by atoms with Crippen molar-refractivity contribution in [2.24, 2.45) is 5.92 Å². The first-order chi connectivity index (χ1) is 9.56. The Balaban J connectivity index is 2.28. The zero-order valence-electron chi connectivity index (χ0n) is 13.2. The molecule has 0 amide bonds. The topological polar surface area (TPSA) is 50.3 Å². The van der Waals surface area contributed by atoms with Crippen molar-refractivity contribution in [3.05, 3.63) is 11.4 Å². The van der Waals surface area contributed by atoms with E-state index >= 15 is 0 Å². The number of aromatic nitrogens is 2. The standard InChI is InChI=1S/C15H26N4O/c1-6-16-14-11(3)15(18-12(4)17-14)19-8-7-10(2)13(9-19)20-5/h10,13H,6-9H2,1-5H3,(H,16,17,18). The van der Waals surface area contributed by atoms with Gasteiger partial charge in [-0.2, -0.15) is 0 Å². The Morgan fingerprint density at radius 2 is 2.10 bits per heavy atom. The fraction of sp³-hybridized carbons (Fsp3) is 0.733. The molecule has 112 valence electrons. The number of nitrogens with zero attached hydrogens (tertiary/aromatic N) is 3. The predicted octanol–water partition coefficient (Wildman–Crippen LogP) is 2.39. The van der Waals surface area contributed by atoms with Gasteiger partial charge in [-0.05, 0) is 33.1 Å². The van der Waals surface area contributed by atoms with E-state index in [1.165, 1.54) is 0 Å². The molecule has 1 N–H and O–H groups in total. The van der Waals surface area contributed by atoms with Gasteiger partial charge in [-0.3, -0.25) is 0 Å². The average Bonchev–Trinajstić information content (AvgIpc) is 2.43. The van der Waals surface area contributed by atoms with Gasteiger partial charge in [-0.15, -0.1) is 0 Å². The third-order valence-electron chi connectivity index (χ3n) is 4.07. The monoisotopic (exact) mass is 278 g/mol. The van der Waals surface area contributed by atoms with E-state index < -0.39 is 0 Å². The van der Waals surface area contributed by atoms with Crippen molar-refractivity contribution in [3.63, 3.8) is 0 Å². The van der Waals surface area contributed by atoms with Crippen molar-refractivity contribution in [2.75, 3.05) is 37.0 Å². The van der Waals surface area contributed by atoms with Crippen molar-refractivity contribution in [1.29, 1.82) is 0 Å². The molecule has 0 spiro atoms. The van der Waals surface area contributed by atoms with E-state index in [2.05, 4.69) is 41.0 Å². The van der Waals surface area contributed by atoms with Gasteiger partial charge < -0.3 is 15.0 Å². The molecule has 5 heteroatoms. The molecule has 0 aliphatic carbocycles. The molecule has 1 saturated heterocycles. The van der Waals surface area contributed by atoms with E-state index in [-0.39, 0.29) is 6.10 Å². The van der Waals surface area contributed by atoms with Crippen LogP contribution in [0, 0.1) is 19.8 Å². The number of anilines is 2. The van der Waals surface area contributed by atoms with Crippen LogP contribution in [0.4, 0.5) is 11.6 Å². The van der Waals surface area contributed by atoms with Gasteiger partial charge in [0.1, 0.15) is 17.5 Å². The lowest BCUT2D eigenvalue weighted by molar-refractivity contribution is 0.0496. The molecule has 1 aliphatic rings. The number of ether oxygens (including phenoxy) is 1. The molecular formula is C15H26N4O. The first kappa shape index (κ1) is 15.0. The normalized spacial score (nSPS) is 22.9. The molecule has 2 atom stereocenters. The van der Waals surface area contributed by atoms with Crippen LogP contribution in [0.1, 0.15) is 31.7 Å². The Labute approximate surface area is 121 Å². The lowest BCUT2D eigenvalue weighted by Gasteiger charge is -2.37. The Morgan fingerprint density at radius 3 is 2.75 bits per heavy atom. The fourth-order valence-corrected chi connectivity index (χ4v) is 2.79. The van der Waals surface area contributed by atoms with E-state index in [0.29, 0.717) is 5.92 Å². The molecule has 20 heavy (non-hydrogen) atoms. The van der Waals surface area contributed by atoms with Crippen LogP contribution in [0.25, 0.3) is 0 Å².